The Morgan fingerprint density at radius 1 is 1.30 bits per heavy atom. The molecule has 1 aliphatic heterocycles. The largest absolute Gasteiger partial charge is 0.350 e. The van der Waals surface area contributed by atoms with Gasteiger partial charge in [0, 0.05) is 12.1 Å². The molecular formula is C17H26N2O. The molecule has 1 heterocycles. The average Bonchev–Trinajstić information content (AvgIpc) is 2.86. The van der Waals surface area contributed by atoms with E-state index in [9.17, 15) is 4.79 Å². The summed E-state index contributed by atoms with van der Waals surface area (Å²) in [5.74, 6) is 0.687. The molecule has 0 saturated carbocycles. The molecule has 0 spiro atoms. The molecule has 0 aromatic heterocycles. The predicted octanol–water partition coefficient (Wildman–Crippen LogP) is 2.78. The van der Waals surface area contributed by atoms with Crippen LogP contribution in [0.4, 0.5) is 0 Å². The van der Waals surface area contributed by atoms with Gasteiger partial charge < -0.3 is 5.32 Å². The molecule has 3 heteroatoms. The predicted molar refractivity (Wildman–Crippen MR) is 82.7 cm³/mol. The molecule has 0 aliphatic carbocycles. The monoisotopic (exact) mass is 274 g/mol. The molecule has 1 N–H and O–H groups in total. The van der Waals surface area contributed by atoms with Crippen LogP contribution < -0.4 is 5.32 Å². The van der Waals surface area contributed by atoms with Crippen LogP contribution in [-0.4, -0.2) is 35.5 Å². The summed E-state index contributed by atoms with van der Waals surface area (Å²) in [6.07, 6.45) is 1.14. The third-order valence-corrected chi connectivity index (χ3v) is 3.92. The number of amides is 1. The van der Waals surface area contributed by atoms with Crippen molar-refractivity contribution in [2.75, 3.05) is 13.1 Å². The number of hydrogen-bond donors (Lipinski definition) is 1. The lowest BCUT2D eigenvalue weighted by molar-refractivity contribution is -0.127. The van der Waals surface area contributed by atoms with Crippen molar-refractivity contribution in [1.29, 1.82) is 0 Å². The van der Waals surface area contributed by atoms with E-state index in [4.69, 9.17) is 0 Å². The molecule has 1 aromatic carbocycles. The molecule has 20 heavy (non-hydrogen) atoms. The van der Waals surface area contributed by atoms with Gasteiger partial charge in [-0.05, 0) is 52.1 Å². The number of likely N-dealkylation sites (tertiary alicyclic amines) is 1. The second-order valence-corrected chi connectivity index (χ2v) is 6.81. The number of carbonyl (C=O) groups excluding carboxylic acids is 1. The molecule has 1 aliphatic rings. The summed E-state index contributed by atoms with van der Waals surface area (Å²) >= 11 is 0. The van der Waals surface area contributed by atoms with Gasteiger partial charge in [-0.1, -0.05) is 30.3 Å². The van der Waals surface area contributed by atoms with Crippen molar-refractivity contribution in [3.05, 3.63) is 35.9 Å². The lowest BCUT2D eigenvalue weighted by atomic mass is 9.99. The number of nitrogens with zero attached hydrogens (tertiary/aromatic N) is 1. The number of carbonyl (C=O) groups is 1. The molecule has 1 amide bonds. The van der Waals surface area contributed by atoms with Gasteiger partial charge in [0.15, 0.2) is 0 Å². The van der Waals surface area contributed by atoms with E-state index in [0.717, 1.165) is 19.5 Å². The van der Waals surface area contributed by atoms with Gasteiger partial charge in [0.2, 0.25) is 5.91 Å². The molecule has 0 unspecified atom stereocenters. The molecule has 110 valence electrons. The fourth-order valence-corrected chi connectivity index (χ4v) is 2.78. The summed E-state index contributed by atoms with van der Waals surface area (Å²) in [6.45, 7) is 10.0. The van der Waals surface area contributed by atoms with Crippen LogP contribution in [0.25, 0.3) is 0 Å². The standard InChI is InChI=1S/C17H26N2O/c1-13(16(20)18-17(2,3)4)19-11-10-15(12-19)14-8-6-5-7-9-14/h5-9,13,15H,10-12H2,1-4H3,(H,18,20)/t13-,15-/m1/s1. The SMILES string of the molecule is C[C@H](C(=O)NC(C)(C)C)N1CC[C@@H](c2ccccc2)C1. The maximum Gasteiger partial charge on any atom is 0.237 e. The van der Waals surface area contributed by atoms with Crippen molar-refractivity contribution in [3.8, 4) is 0 Å². The van der Waals surface area contributed by atoms with E-state index < -0.39 is 0 Å². The van der Waals surface area contributed by atoms with Gasteiger partial charge in [-0.25, -0.2) is 0 Å². The highest BCUT2D eigenvalue weighted by Crippen LogP contribution is 2.28. The van der Waals surface area contributed by atoms with E-state index in [1.54, 1.807) is 0 Å². The molecular weight excluding hydrogens is 248 g/mol. The molecule has 3 nitrogen and oxygen atoms in total. The highest BCUT2D eigenvalue weighted by atomic mass is 16.2. The topological polar surface area (TPSA) is 32.3 Å². The summed E-state index contributed by atoms with van der Waals surface area (Å²) in [6, 6.07) is 10.6. The normalized spacial score (nSPS) is 21.7. The van der Waals surface area contributed by atoms with Crippen molar-refractivity contribution in [2.24, 2.45) is 0 Å². The van der Waals surface area contributed by atoms with Crippen LogP contribution in [0.1, 0.15) is 45.6 Å². The summed E-state index contributed by atoms with van der Waals surface area (Å²) in [4.78, 5) is 14.5. The zero-order valence-corrected chi connectivity index (χ0v) is 13.0. The Morgan fingerprint density at radius 3 is 2.55 bits per heavy atom. The van der Waals surface area contributed by atoms with E-state index in [-0.39, 0.29) is 17.5 Å². The minimum Gasteiger partial charge on any atom is -0.350 e. The lowest BCUT2D eigenvalue weighted by Crippen LogP contribution is -2.50. The first kappa shape index (κ1) is 15.0. The zero-order chi connectivity index (χ0) is 14.8. The minimum atomic E-state index is -0.163. The van der Waals surface area contributed by atoms with Crippen molar-refractivity contribution in [2.45, 2.75) is 51.6 Å². The number of rotatable bonds is 3. The average molecular weight is 274 g/mol. The first-order chi connectivity index (χ1) is 9.37. The molecule has 2 atom stereocenters. The van der Waals surface area contributed by atoms with Crippen LogP contribution in [0, 0.1) is 0 Å². The summed E-state index contributed by atoms with van der Waals surface area (Å²) < 4.78 is 0. The zero-order valence-electron chi connectivity index (χ0n) is 13.0. The Bertz CT molecular complexity index is 450. The van der Waals surface area contributed by atoms with Gasteiger partial charge >= 0.3 is 0 Å². The van der Waals surface area contributed by atoms with E-state index in [0.29, 0.717) is 5.92 Å². The van der Waals surface area contributed by atoms with Crippen LogP contribution >= 0.6 is 0 Å². The van der Waals surface area contributed by atoms with Crippen LogP contribution in [0.3, 0.4) is 0 Å². The van der Waals surface area contributed by atoms with Crippen LogP contribution in [0.15, 0.2) is 30.3 Å². The van der Waals surface area contributed by atoms with Crippen LogP contribution in [-0.2, 0) is 4.79 Å². The van der Waals surface area contributed by atoms with Crippen molar-refractivity contribution in [3.63, 3.8) is 0 Å². The summed E-state index contributed by atoms with van der Waals surface area (Å²) in [5, 5.41) is 3.07. The Labute approximate surface area is 122 Å². The Kier molecular flexibility index (Phi) is 4.48. The van der Waals surface area contributed by atoms with Gasteiger partial charge in [-0.2, -0.15) is 0 Å². The summed E-state index contributed by atoms with van der Waals surface area (Å²) in [7, 11) is 0. The van der Waals surface area contributed by atoms with Gasteiger partial charge in [-0.3, -0.25) is 9.69 Å². The first-order valence-electron chi connectivity index (χ1n) is 7.48. The fourth-order valence-electron chi connectivity index (χ4n) is 2.78. The smallest absolute Gasteiger partial charge is 0.237 e. The second kappa shape index (κ2) is 5.96. The van der Waals surface area contributed by atoms with Gasteiger partial charge in [-0.15, -0.1) is 0 Å². The minimum absolute atomic E-state index is 0.0528. The third-order valence-electron chi connectivity index (χ3n) is 3.92. The fraction of sp³-hybridized carbons (Fsp3) is 0.588. The first-order valence-corrected chi connectivity index (χ1v) is 7.48. The van der Waals surface area contributed by atoms with E-state index in [1.165, 1.54) is 5.56 Å². The quantitative estimate of drug-likeness (QED) is 0.919. The van der Waals surface area contributed by atoms with Gasteiger partial charge in [0.1, 0.15) is 0 Å². The third kappa shape index (κ3) is 3.83. The molecule has 0 radical (unpaired) electrons. The molecule has 1 saturated heterocycles. The van der Waals surface area contributed by atoms with Gasteiger partial charge in [0.25, 0.3) is 0 Å². The van der Waals surface area contributed by atoms with Gasteiger partial charge in [0.05, 0.1) is 6.04 Å². The maximum atomic E-state index is 12.2. The van der Waals surface area contributed by atoms with Crippen LogP contribution in [0.2, 0.25) is 0 Å². The van der Waals surface area contributed by atoms with Crippen molar-refractivity contribution in [1.82, 2.24) is 10.2 Å². The summed E-state index contributed by atoms with van der Waals surface area (Å²) in [5.41, 5.74) is 1.22. The molecule has 2 rings (SSSR count). The number of benzene rings is 1. The lowest BCUT2D eigenvalue weighted by Gasteiger charge is -2.28. The molecule has 1 fully saturated rings. The number of nitrogens with one attached hydrogen (secondary N) is 1. The second-order valence-electron chi connectivity index (χ2n) is 6.81. The highest BCUT2D eigenvalue weighted by Gasteiger charge is 2.31. The molecule has 1 aromatic rings. The maximum absolute atomic E-state index is 12.2. The Hall–Kier alpha value is -1.35. The Morgan fingerprint density at radius 2 is 1.95 bits per heavy atom. The van der Waals surface area contributed by atoms with E-state index in [1.807, 2.05) is 27.7 Å². The Balaban J connectivity index is 1.94. The van der Waals surface area contributed by atoms with Crippen molar-refractivity contribution < 1.29 is 4.79 Å². The highest BCUT2D eigenvalue weighted by molar-refractivity contribution is 5.82. The molecule has 0 bridgehead atoms. The van der Waals surface area contributed by atoms with Crippen molar-refractivity contribution >= 4 is 5.91 Å². The van der Waals surface area contributed by atoms with E-state index >= 15 is 0 Å². The van der Waals surface area contributed by atoms with E-state index in [2.05, 4.69) is 40.5 Å². The number of hydrogen-bond acceptors (Lipinski definition) is 2. The van der Waals surface area contributed by atoms with Crippen LogP contribution in [0.5, 0.6) is 0 Å².